The Morgan fingerprint density at radius 2 is 2.08 bits per heavy atom. The molecule has 0 aliphatic rings. The first kappa shape index (κ1) is 19.6. The Bertz CT molecular complexity index is 746. The number of hydrogen-bond donors (Lipinski definition) is 0. The molecule has 2 atom stereocenters. The predicted molar refractivity (Wildman–Crippen MR) is 106 cm³/mol. The molecule has 0 saturated heterocycles. The number of aliphatic imine (C=N–C) groups is 1. The number of aryl methyl sites for hydroxylation is 1. The molecule has 2 rings (SSSR count). The lowest BCUT2D eigenvalue weighted by Crippen LogP contribution is -2.30. The van der Waals surface area contributed by atoms with Gasteiger partial charge in [-0.15, -0.1) is 11.3 Å². The summed E-state index contributed by atoms with van der Waals surface area (Å²) in [7, 11) is 0. The van der Waals surface area contributed by atoms with Gasteiger partial charge >= 0.3 is 0 Å². The molecule has 1 heterocycles. The zero-order chi connectivity index (χ0) is 18.2. The summed E-state index contributed by atoms with van der Waals surface area (Å²) < 4.78 is 0. The van der Waals surface area contributed by atoms with Crippen molar-refractivity contribution in [3.05, 3.63) is 50.9 Å². The Labute approximate surface area is 158 Å². The minimum atomic E-state index is -0.401. The molecule has 0 amide bonds. The van der Waals surface area contributed by atoms with E-state index in [0.717, 1.165) is 34.4 Å². The van der Waals surface area contributed by atoms with Gasteiger partial charge in [0.05, 0.1) is 18.7 Å². The van der Waals surface area contributed by atoms with Gasteiger partial charge in [-0.2, -0.15) is 5.26 Å². The molecule has 0 aliphatic carbocycles. The maximum atomic E-state index is 9.41. The van der Waals surface area contributed by atoms with Crippen LogP contribution in [0.5, 0.6) is 0 Å². The van der Waals surface area contributed by atoms with Gasteiger partial charge in [-0.3, -0.25) is 9.89 Å². The van der Waals surface area contributed by atoms with Gasteiger partial charge < -0.3 is 0 Å². The minimum Gasteiger partial charge on any atom is -0.295 e. The molecule has 25 heavy (non-hydrogen) atoms. The highest BCUT2D eigenvalue weighted by molar-refractivity contribution is 7.09. The monoisotopic (exact) mass is 374 g/mol. The van der Waals surface area contributed by atoms with Crippen LogP contribution in [0.15, 0.2) is 34.6 Å². The predicted octanol–water partition coefficient (Wildman–Crippen LogP) is 4.87. The molecule has 1 aromatic heterocycles. The van der Waals surface area contributed by atoms with Crippen LogP contribution in [0.4, 0.5) is 0 Å². The molecule has 2 aromatic rings. The molecule has 132 valence electrons. The van der Waals surface area contributed by atoms with Crippen LogP contribution < -0.4 is 0 Å². The summed E-state index contributed by atoms with van der Waals surface area (Å²) in [5, 5.41) is 12.9. The van der Waals surface area contributed by atoms with E-state index >= 15 is 0 Å². The second-order valence-electron chi connectivity index (χ2n) is 5.71. The van der Waals surface area contributed by atoms with Crippen molar-refractivity contribution in [3.8, 4) is 6.07 Å². The first-order valence-electron chi connectivity index (χ1n) is 8.40. The number of aromatic nitrogens is 1. The SMILES string of the molecule is CCN(CC)[C@H](CN=CC(C#N)c1nc(C)cs1)c1ccccc1Cl. The van der Waals surface area contributed by atoms with Gasteiger partial charge in [-0.1, -0.05) is 43.6 Å². The lowest BCUT2D eigenvalue weighted by molar-refractivity contribution is 0.224. The molecule has 0 N–H and O–H groups in total. The van der Waals surface area contributed by atoms with Gasteiger partial charge in [0.1, 0.15) is 10.9 Å². The highest BCUT2D eigenvalue weighted by Gasteiger charge is 2.20. The molecule has 0 fully saturated rings. The number of rotatable bonds is 8. The van der Waals surface area contributed by atoms with Crippen LogP contribution in [-0.4, -0.2) is 35.7 Å². The maximum Gasteiger partial charge on any atom is 0.133 e. The molecule has 1 aromatic carbocycles. The van der Waals surface area contributed by atoms with Crippen molar-refractivity contribution in [2.75, 3.05) is 19.6 Å². The summed E-state index contributed by atoms with van der Waals surface area (Å²) in [5.41, 5.74) is 2.01. The van der Waals surface area contributed by atoms with E-state index < -0.39 is 5.92 Å². The number of hydrogen-bond acceptors (Lipinski definition) is 5. The highest BCUT2D eigenvalue weighted by atomic mass is 35.5. The van der Waals surface area contributed by atoms with Gasteiger partial charge in [-0.25, -0.2) is 4.98 Å². The summed E-state index contributed by atoms with van der Waals surface area (Å²) in [6, 6.07) is 10.3. The number of nitrogens with zero attached hydrogens (tertiary/aromatic N) is 4. The van der Waals surface area contributed by atoms with Gasteiger partial charge in [0.25, 0.3) is 0 Å². The molecule has 0 saturated carbocycles. The van der Waals surface area contributed by atoms with Crippen molar-refractivity contribution < 1.29 is 0 Å². The van der Waals surface area contributed by atoms with Crippen LogP contribution >= 0.6 is 22.9 Å². The van der Waals surface area contributed by atoms with E-state index in [1.165, 1.54) is 11.3 Å². The van der Waals surface area contributed by atoms with Crippen LogP contribution in [0.2, 0.25) is 5.02 Å². The third-order valence-electron chi connectivity index (χ3n) is 4.09. The van der Waals surface area contributed by atoms with Gasteiger partial charge in [0, 0.05) is 22.3 Å². The molecular formula is C19H23ClN4S. The van der Waals surface area contributed by atoms with Gasteiger partial charge in [0.15, 0.2) is 0 Å². The van der Waals surface area contributed by atoms with Crippen molar-refractivity contribution in [1.82, 2.24) is 9.88 Å². The average Bonchev–Trinajstić information content (AvgIpc) is 3.05. The third kappa shape index (κ3) is 5.12. The van der Waals surface area contributed by atoms with E-state index in [1.54, 1.807) is 6.21 Å². The van der Waals surface area contributed by atoms with E-state index in [2.05, 4.69) is 34.8 Å². The van der Waals surface area contributed by atoms with Crippen molar-refractivity contribution in [1.29, 1.82) is 5.26 Å². The van der Waals surface area contributed by atoms with E-state index in [9.17, 15) is 5.26 Å². The Morgan fingerprint density at radius 3 is 2.64 bits per heavy atom. The molecular weight excluding hydrogens is 352 g/mol. The molecule has 0 aliphatic heterocycles. The summed E-state index contributed by atoms with van der Waals surface area (Å²) in [6.45, 7) is 8.58. The van der Waals surface area contributed by atoms with E-state index in [-0.39, 0.29) is 6.04 Å². The van der Waals surface area contributed by atoms with E-state index in [0.29, 0.717) is 6.54 Å². The Hall–Kier alpha value is -1.74. The second kappa shape index (κ2) is 9.67. The van der Waals surface area contributed by atoms with Gasteiger partial charge in [0.2, 0.25) is 0 Å². The van der Waals surface area contributed by atoms with Gasteiger partial charge in [-0.05, 0) is 31.6 Å². The summed E-state index contributed by atoms with van der Waals surface area (Å²) >= 11 is 7.90. The molecule has 0 radical (unpaired) electrons. The normalized spacial score (nSPS) is 13.9. The average molecular weight is 375 g/mol. The van der Waals surface area contributed by atoms with Crippen LogP contribution in [0.1, 0.15) is 42.1 Å². The fourth-order valence-corrected chi connectivity index (χ4v) is 3.82. The van der Waals surface area contributed by atoms with E-state index in [1.807, 2.05) is 36.6 Å². The maximum absolute atomic E-state index is 9.41. The van der Waals surface area contributed by atoms with Crippen LogP contribution in [0.3, 0.4) is 0 Å². The summed E-state index contributed by atoms with van der Waals surface area (Å²) in [6.07, 6.45) is 1.71. The molecule has 1 unspecified atom stereocenters. The zero-order valence-electron chi connectivity index (χ0n) is 14.8. The first-order valence-corrected chi connectivity index (χ1v) is 9.66. The topological polar surface area (TPSA) is 52.3 Å². The molecule has 0 bridgehead atoms. The fourth-order valence-electron chi connectivity index (χ4n) is 2.75. The number of thiazole rings is 1. The molecule has 4 nitrogen and oxygen atoms in total. The lowest BCUT2D eigenvalue weighted by Gasteiger charge is -2.29. The summed E-state index contributed by atoms with van der Waals surface area (Å²) in [5.74, 6) is -0.401. The molecule has 6 heteroatoms. The highest BCUT2D eigenvalue weighted by Crippen LogP contribution is 2.28. The van der Waals surface area contributed by atoms with Crippen molar-refractivity contribution >= 4 is 29.2 Å². The zero-order valence-corrected chi connectivity index (χ0v) is 16.4. The number of likely N-dealkylation sites (N-methyl/N-ethyl adjacent to an activating group) is 1. The number of nitriles is 1. The quantitative estimate of drug-likeness (QED) is 0.619. The smallest absolute Gasteiger partial charge is 0.133 e. The largest absolute Gasteiger partial charge is 0.295 e. The fraction of sp³-hybridized carbons (Fsp3) is 0.421. The second-order valence-corrected chi connectivity index (χ2v) is 7.00. The number of benzene rings is 1. The Balaban J connectivity index is 2.19. The molecule has 0 spiro atoms. The van der Waals surface area contributed by atoms with Crippen LogP contribution in [0.25, 0.3) is 0 Å². The van der Waals surface area contributed by atoms with Crippen molar-refractivity contribution in [2.45, 2.75) is 32.7 Å². The summed E-state index contributed by atoms with van der Waals surface area (Å²) in [4.78, 5) is 11.3. The Morgan fingerprint density at radius 1 is 1.36 bits per heavy atom. The third-order valence-corrected chi connectivity index (χ3v) is 5.48. The standard InChI is InChI=1S/C19H23ClN4S/c1-4-24(5-2)18(16-8-6-7-9-17(16)20)12-22-11-15(10-21)19-23-14(3)13-25-19/h6-9,11,13,15,18H,4-5,12H2,1-3H3/t15?,18-/m1/s1. The lowest BCUT2D eigenvalue weighted by atomic mass is 10.0. The van der Waals surface area contributed by atoms with Crippen molar-refractivity contribution in [3.63, 3.8) is 0 Å². The number of halogens is 1. The Kier molecular flexibility index (Phi) is 7.57. The van der Waals surface area contributed by atoms with Crippen molar-refractivity contribution in [2.24, 2.45) is 4.99 Å². The van der Waals surface area contributed by atoms with E-state index in [4.69, 9.17) is 11.6 Å². The van der Waals surface area contributed by atoms with Crippen LogP contribution in [-0.2, 0) is 0 Å². The minimum absolute atomic E-state index is 0.0947. The van der Waals surface area contributed by atoms with Crippen LogP contribution in [0, 0.1) is 18.3 Å². The first-order chi connectivity index (χ1) is 12.1.